The van der Waals surface area contributed by atoms with Crippen LogP contribution >= 0.6 is 15.9 Å². The topological polar surface area (TPSA) is 109 Å². The van der Waals surface area contributed by atoms with Crippen LogP contribution in [0.2, 0.25) is 0 Å². The number of phenolic OH excluding ortho intramolecular Hbond substituents is 1. The summed E-state index contributed by atoms with van der Waals surface area (Å²) in [6.07, 6.45) is 5.69. The average Bonchev–Trinajstić information content (AvgIpc) is 3.21. The molecule has 1 fully saturated rings. The fraction of sp³-hybridized carbons (Fsp3) is 0.242. The van der Waals surface area contributed by atoms with Crippen molar-refractivity contribution in [2.24, 2.45) is 17.8 Å². The third-order valence-electron chi connectivity index (χ3n) is 8.69. The summed E-state index contributed by atoms with van der Waals surface area (Å²) in [5, 5.41) is 11.3. The molecule has 4 atom stereocenters. The van der Waals surface area contributed by atoms with Gasteiger partial charge in [0.25, 0.3) is 0 Å². The molecule has 8 heteroatoms. The zero-order valence-corrected chi connectivity index (χ0v) is 23.8. The van der Waals surface area contributed by atoms with Gasteiger partial charge in [0.1, 0.15) is 5.75 Å². The molecule has 2 amide bonds. The normalized spacial score (nSPS) is 25.4. The predicted molar refractivity (Wildman–Crippen MR) is 156 cm³/mol. The summed E-state index contributed by atoms with van der Waals surface area (Å²) in [6.45, 7) is 5.21. The Labute approximate surface area is 245 Å². The van der Waals surface area contributed by atoms with E-state index in [1.54, 1.807) is 48.5 Å². The van der Waals surface area contributed by atoms with Crippen molar-refractivity contribution in [3.63, 3.8) is 0 Å². The lowest BCUT2D eigenvalue weighted by Crippen LogP contribution is -2.39. The highest BCUT2D eigenvalue weighted by atomic mass is 79.9. The minimum atomic E-state index is -0.741. The fourth-order valence-electron chi connectivity index (χ4n) is 6.83. The molecular formula is C33H26BrNO6. The molecule has 0 aromatic heterocycles. The van der Waals surface area contributed by atoms with Crippen LogP contribution in [0.3, 0.4) is 0 Å². The van der Waals surface area contributed by atoms with E-state index in [9.17, 15) is 29.1 Å². The maximum absolute atomic E-state index is 14.0. The smallest absolute Gasteiger partial charge is 0.238 e. The molecule has 2 aromatic carbocycles. The van der Waals surface area contributed by atoms with Crippen molar-refractivity contribution in [2.45, 2.75) is 32.1 Å². The third-order valence-corrected chi connectivity index (χ3v) is 9.28. The number of rotatable bonds is 5. The molecule has 1 saturated heterocycles. The van der Waals surface area contributed by atoms with Gasteiger partial charge < -0.3 is 5.11 Å². The highest BCUT2D eigenvalue weighted by Gasteiger charge is 2.57. The second kappa shape index (κ2) is 10.0. The van der Waals surface area contributed by atoms with Gasteiger partial charge in [-0.2, -0.15) is 0 Å². The molecule has 4 aliphatic rings. The molecule has 0 spiro atoms. The zero-order valence-electron chi connectivity index (χ0n) is 22.2. The highest BCUT2D eigenvalue weighted by molar-refractivity contribution is 9.12. The molecule has 3 aliphatic carbocycles. The van der Waals surface area contributed by atoms with Gasteiger partial charge in [-0.15, -0.1) is 6.58 Å². The van der Waals surface area contributed by atoms with Gasteiger partial charge in [-0.3, -0.25) is 28.9 Å². The minimum absolute atomic E-state index is 0.0165. The lowest BCUT2D eigenvalue weighted by molar-refractivity contribution is -0.123. The largest absolute Gasteiger partial charge is 0.507 e. The van der Waals surface area contributed by atoms with E-state index in [4.69, 9.17) is 0 Å². The number of amides is 2. The van der Waals surface area contributed by atoms with Crippen molar-refractivity contribution >= 4 is 50.8 Å². The van der Waals surface area contributed by atoms with Gasteiger partial charge in [0, 0.05) is 34.3 Å². The molecule has 7 nitrogen and oxygen atoms in total. The van der Waals surface area contributed by atoms with Crippen LogP contribution < -0.4 is 4.90 Å². The predicted octanol–water partition coefficient (Wildman–Crippen LogP) is 5.29. The summed E-state index contributed by atoms with van der Waals surface area (Å²) in [4.78, 5) is 67.4. The summed E-state index contributed by atoms with van der Waals surface area (Å²) >= 11 is 3.23. The molecular weight excluding hydrogens is 586 g/mol. The lowest BCUT2D eigenvalue weighted by atomic mass is 9.59. The number of anilines is 1. The van der Waals surface area contributed by atoms with E-state index < -0.39 is 23.7 Å². The number of carbonyl (C=O) groups excluding carboxylic acids is 5. The number of para-hydroxylation sites is 1. The van der Waals surface area contributed by atoms with Crippen molar-refractivity contribution in [3.8, 4) is 5.75 Å². The van der Waals surface area contributed by atoms with E-state index in [0.717, 1.165) is 5.57 Å². The van der Waals surface area contributed by atoms with Crippen molar-refractivity contribution in [1.29, 1.82) is 0 Å². The minimum Gasteiger partial charge on any atom is -0.507 e. The molecule has 0 bridgehead atoms. The molecule has 6 rings (SSSR count). The van der Waals surface area contributed by atoms with Crippen molar-refractivity contribution < 1.29 is 29.1 Å². The quantitative estimate of drug-likeness (QED) is 0.213. The monoisotopic (exact) mass is 611 g/mol. The lowest BCUT2D eigenvalue weighted by Gasteiger charge is -2.42. The average molecular weight is 612 g/mol. The van der Waals surface area contributed by atoms with E-state index in [1.807, 2.05) is 6.08 Å². The number of imide groups is 1. The number of nitrogens with zero attached hydrogens (tertiary/aromatic N) is 1. The third kappa shape index (κ3) is 4.11. The van der Waals surface area contributed by atoms with Crippen LogP contribution in [0.25, 0.3) is 0 Å². The summed E-state index contributed by atoms with van der Waals surface area (Å²) < 4.78 is 0.144. The number of carbonyl (C=O) groups is 5. The first-order chi connectivity index (χ1) is 19.6. The van der Waals surface area contributed by atoms with Crippen LogP contribution in [0, 0.1) is 17.8 Å². The number of aromatic hydroxyl groups is 1. The number of halogens is 1. The highest BCUT2D eigenvalue weighted by Crippen LogP contribution is 2.56. The van der Waals surface area contributed by atoms with Gasteiger partial charge in [-0.05, 0) is 77.9 Å². The SMILES string of the molecule is C=CCc1cccc([C@H]2C3=CC[C@@H]4C(=O)N(c5ccc(C(C)=O)cc5)C(=O)[C@@H]4[C@@H]3CC3=C2C(=O)C=C(Br)C3=O)c1O. The molecule has 0 unspecified atom stereocenters. The molecule has 1 heterocycles. The molecule has 1 aliphatic heterocycles. The van der Waals surface area contributed by atoms with E-state index in [0.29, 0.717) is 39.9 Å². The van der Waals surface area contributed by atoms with E-state index in [1.165, 1.54) is 17.9 Å². The fourth-order valence-corrected chi connectivity index (χ4v) is 7.27. The van der Waals surface area contributed by atoms with Crippen LogP contribution in [-0.2, 0) is 25.6 Å². The first-order valence-corrected chi connectivity index (χ1v) is 14.2. The Hall–Kier alpha value is -4.17. The Kier molecular flexibility index (Phi) is 6.61. The van der Waals surface area contributed by atoms with Crippen molar-refractivity contribution in [1.82, 2.24) is 0 Å². The Bertz CT molecular complexity index is 1680. The zero-order chi connectivity index (χ0) is 29.2. The number of hydrogen-bond acceptors (Lipinski definition) is 6. The summed E-state index contributed by atoms with van der Waals surface area (Å²) in [7, 11) is 0. The molecule has 0 radical (unpaired) electrons. The van der Waals surface area contributed by atoms with Crippen LogP contribution in [0.1, 0.15) is 47.2 Å². The van der Waals surface area contributed by atoms with Crippen molar-refractivity contribution in [3.05, 3.63) is 105 Å². The molecule has 0 saturated carbocycles. The number of allylic oxidation sites excluding steroid dienone is 7. The van der Waals surface area contributed by atoms with Gasteiger partial charge in [-0.25, -0.2) is 0 Å². The molecule has 2 aromatic rings. The first kappa shape index (κ1) is 27.0. The second-order valence-electron chi connectivity index (χ2n) is 10.9. The van der Waals surface area contributed by atoms with Gasteiger partial charge in [0.05, 0.1) is 22.0 Å². The Morgan fingerprint density at radius 2 is 1.80 bits per heavy atom. The Balaban J connectivity index is 1.47. The maximum Gasteiger partial charge on any atom is 0.238 e. The number of benzene rings is 2. The first-order valence-electron chi connectivity index (χ1n) is 13.4. The Morgan fingerprint density at radius 1 is 1.07 bits per heavy atom. The number of hydrogen-bond donors (Lipinski definition) is 1. The number of ketones is 3. The van der Waals surface area contributed by atoms with E-state index in [-0.39, 0.29) is 52.2 Å². The molecule has 206 valence electrons. The van der Waals surface area contributed by atoms with Gasteiger partial charge in [0.15, 0.2) is 17.3 Å². The van der Waals surface area contributed by atoms with E-state index in [2.05, 4.69) is 22.5 Å². The standard InChI is InChI=1S/C33H26BrNO6/c1-3-5-18-6-4-7-21(30(18)38)27-20-12-13-22-28(23(20)14-24-29(27)26(37)15-25(34)31(24)39)33(41)35(32(22)40)19-10-8-17(9-11-19)16(2)36/h3-4,6-12,15,22-23,27-28,38H,1,5,13-14H2,2H3/t22-,23+,27+,28-/m0/s1. The summed E-state index contributed by atoms with van der Waals surface area (Å²) in [5.41, 5.74) is 3.34. The Morgan fingerprint density at radius 3 is 2.49 bits per heavy atom. The summed E-state index contributed by atoms with van der Waals surface area (Å²) in [6, 6.07) is 11.7. The van der Waals surface area contributed by atoms with Gasteiger partial charge in [0.2, 0.25) is 11.8 Å². The molecule has 41 heavy (non-hydrogen) atoms. The second-order valence-corrected chi connectivity index (χ2v) is 11.7. The number of fused-ring (bicyclic) bond motifs is 3. The van der Waals surface area contributed by atoms with E-state index >= 15 is 0 Å². The van der Waals surface area contributed by atoms with Gasteiger partial charge in [-0.1, -0.05) is 35.9 Å². The number of phenols is 1. The summed E-state index contributed by atoms with van der Waals surface area (Å²) in [5.74, 6) is -4.09. The van der Waals surface area contributed by atoms with Crippen LogP contribution in [0.4, 0.5) is 5.69 Å². The molecule has 1 N–H and O–H groups in total. The van der Waals surface area contributed by atoms with Gasteiger partial charge >= 0.3 is 0 Å². The van der Waals surface area contributed by atoms with Crippen LogP contribution in [0.5, 0.6) is 5.75 Å². The van der Waals surface area contributed by atoms with Crippen molar-refractivity contribution in [2.75, 3.05) is 4.90 Å². The van der Waals surface area contributed by atoms with Crippen LogP contribution in [0.15, 0.2) is 88.5 Å². The van der Waals surface area contributed by atoms with Crippen LogP contribution in [-0.4, -0.2) is 34.3 Å². The number of Topliss-reactive ketones (excluding diaryl/α,β-unsaturated/α-hetero) is 2. The maximum atomic E-state index is 14.0.